The van der Waals surface area contributed by atoms with Gasteiger partial charge in [-0.2, -0.15) is 8.42 Å². The lowest BCUT2D eigenvalue weighted by Crippen LogP contribution is -2.50. The molecule has 0 saturated carbocycles. The molecule has 0 aromatic heterocycles. The SMILES string of the molecule is CCCCCCCCCCCCC/C=C\CCCCCCCCC(O)C(=O)NC(CS(=O)(=O)O)C(O)CCCCCCCCCCCC. The number of aliphatic hydroxyl groups excluding tert-OH is 2. The molecule has 0 aromatic carbocycles. The van der Waals surface area contributed by atoms with E-state index in [9.17, 15) is 28.0 Å². The second kappa shape index (κ2) is 34.5. The number of hydrogen-bond donors (Lipinski definition) is 4. The maximum atomic E-state index is 12.6. The van der Waals surface area contributed by atoms with Crippen molar-refractivity contribution in [1.82, 2.24) is 5.32 Å². The van der Waals surface area contributed by atoms with Gasteiger partial charge in [-0.1, -0.05) is 187 Å². The van der Waals surface area contributed by atoms with E-state index in [2.05, 4.69) is 31.3 Å². The highest BCUT2D eigenvalue weighted by atomic mass is 32.2. The molecule has 8 heteroatoms. The normalized spacial score (nSPS) is 14.0. The molecule has 0 aliphatic heterocycles. The molecule has 0 bridgehead atoms. The summed E-state index contributed by atoms with van der Waals surface area (Å²) < 4.78 is 32.4. The summed E-state index contributed by atoms with van der Waals surface area (Å²) in [5, 5.41) is 23.5. The number of aliphatic hydroxyl groups is 2. The maximum Gasteiger partial charge on any atom is 0.266 e. The Hall–Kier alpha value is -0.960. The number of allylic oxidation sites excluding steroid dienone is 2. The first-order valence-corrected chi connectivity index (χ1v) is 22.1. The molecule has 3 unspecified atom stereocenters. The number of carbonyl (C=O) groups excluding carboxylic acids is 1. The number of amides is 1. The Bertz CT molecular complexity index is 834. The Morgan fingerprint density at radius 3 is 1.25 bits per heavy atom. The molecule has 4 N–H and O–H groups in total. The highest BCUT2D eigenvalue weighted by molar-refractivity contribution is 7.85. The van der Waals surface area contributed by atoms with Crippen molar-refractivity contribution in [1.29, 1.82) is 0 Å². The summed E-state index contributed by atoms with van der Waals surface area (Å²) >= 11 is 0. The van der Waals surface area contributed by atoms with Gasteiger partial charge in [0.25, 0.3) is 10.1 Å². The standard InChI is InChI=1S/C40H79NO6S/c1-3-5-7-9-11-13-15-16-17-18-19-20-21-22-23-24-25-27-29-31-33-35-39(43)40(44)41-37(36-48(45,46)47)38(42)34-32-30-28-26-14-12-10-8-6-4-2/h21-22,37-39,42-43H,3-20,23-36H2,1-2H3,(H,41,44)(H,45,46,47)/b22-21-. The molecule has 7 nitrogen and oxygen atoms in total. The average Bonchev–Trinajstić information content (AvgIpc) is 3.05. The van der Waals surface area contributed by atoms with Crippen LogP contribution in [-0.2, 0) is 14.9 Å². The average molecular weight is 702 g/mol. The quantitative estimate of drug-likeness (QED) is 0.0290. The van der Waals surface area contributed by atoms with Crippen LogP contribution in [0.1, 0.15) is 213 Å². The number of hydrogen-bond acceptors (Lipinski definition) is 5. The van der Waals surface area contributed by atoms with E-state index < -0.39 is 40.0 Å². The van der Waals surface area contributed by atoms with Gasteiger partial charge in [0.2, 0.25) is 5.91 Å². The highest BCUT2D eigenvalue weighted by Crippen LogP contribution is 2.16. The Balaban J connectivity index is 3.90. The molecule has 0 aliphatic rings. The van der Waals surface area contributed by atoms with E-state index in [0.29, 0.717) is 25.7 Å². The Kier molecular flexibility index (Phi) is 33.8. The van der Waals surface area contributed by atoms with E-state index in [-0.39, 0.29) is 0 Å². The van der Waals surface area contributed by atoms with E-state index in [1.54, 1.807) is 0 Å². The molecule has 3 atom stereocenters. The first kappa shape index (κ1) is 47.0. The zero-order valence-electron chi connectivity index (χ0n) is 31.5. The van der Waals surface area contributed by atoms with Crippen molar-refractivity contribution in [3.05, 3.63) is 12.2 Å². The van der Waals surface area contributed by atoms with Crippen LogP contribution in [0.25, 0.3) is 0 Å². The van der Waals surface area contributed by atoms with E-state index in [0.717, 1.165) is 44.9 Å². The van der Waals surface area contributed by atoms with Gasteiger partial charge in [0, 0.05) is 0 Å². The smallest absolute Gasteiger partial charge is 0.266 e. The highest BCUT2D eigenvalue weighted by Gasteiger charge is 2.28. The summed E-state index contributed by atoms with van der Waals surface area (Å²) in [5.74, 6) is -1.45. The molecule has 48 heavy (non-hydrogen) atoms. The van der Waals surface area contributed by atoms with Crippen LogP contribution in [0.5, 0.6) is 0 Å². The van der Waals surface area contributed by atoms with Crippen LogP contribution in [-0.4, -0.2) is 53.1 Å². The zero-order valence-corrected chi connectivity index (χ0v) is 32.3. The fourth-order valence-electron chi connectivity index (χ4n) is 6.40. The molecule has 0 fully saturated rings. The number of unbranched alkanes of at least 4 members (excludes halogenated alkanes) is 26. The summed E-state index contributed by atoms with van der Waals surface area (Å²) in [4.78, 5) is 12.6. The van der Waals surface area contributed by atoms with E-state index in [4.69, 9.17) is 0 Å². The van der Waals surface area contributed by atoms with E-state index in [1.165, 1.54) is 128 Å². The lowest BCUT2D eigenvalue weighted by molar-refractivity contribution is -0.131. The number of rotatable bonds is 37. The first-order valence-electron chi connectivity index (χ1n) is 20.5. The van der Waals surface area contributed by atoms with Gasteiger partial charge in [-0.25, -0.2) is 0 Å². The molecule has 0 saturated heterocycles. The topological polar surface area (TPSA) is 124 Å². The molecule has 1 amide bonds. The Labute approximate surface area is 297 Å². The monoisotopic (exact) mass is 702 g/mol. The van der Waals surface area contributed by atoms with Gasteiger partial charge in [0.15, 0.2) is 0 Å². The minimum absolute atomic E-state index is 0.292. The minimum atomic E-state index is -4.40. The van der Waals surface area contributed by atoms with Crippen molar-refractivity contribution in [2.75, 3.05) is 5.75 Å². The fraction of sp³-hybridized carbons (Fsp3) is 0.925. The van der Waals surface area contributed by atoms with Gasteiger partial charge in [-0.3, -0.25) is 9.35 Å². The van der Waals surface area contributed by atoms with Gasteiger partial charge in [-0.15, -0.1) is 0 Å². The lowest BCUT2D eigenvalue weighted by Gasteiger charge is -2.24. The maximum absolute atomic E-state index is 12.6. The second-order valence-electron chi connectivity index (χ2n) is 14.4. The van der Waals surface area contributed by atoms with Gasteiger partial charge in [-0.05, 0) is 38.5 Å². The summed E-state index contributed by atoms with van der Waals surface area (Å²) in [6.07, 6.45) is 38.1. The first-order chi connectivity index (χ1) is 23.2. The Morgan fingerprint density at radius 2 is 0.875 bits per heavy atom. The van der Waals surface area contributed by atoms with Crippen LogP contribution in [0.3, 0.4) is 0 Å². The van der Waals surface area contributed by atoms with Crippen molar-refractivity contribution < 1.29 is 28.0 Å². The molecular formula is C40H79NO6S. The summed E-state index contributed by atoms with van der Waals surface area (Å²) in [6.45, 7) is 4.49. The third-order valence-corrected chi connectivity index (χ3v) is 10.4. The predicted molar refractivity (Wildman–Crippen MR) is 204 cm³/mol. The van der Waals surface area contributed by atoms with E-state index in [1.807, 2.05) is 0 Å². The molecular weight excluding hydrogens is 623 g/mol. The Morgan fingerprint density at radius 1 is 0.542 bits per heavy atom. The lowest BCUT2D eigenvalue weighted by atomic mass is 10.0. The van der Waals surface area contributed by atoms with Gasteiger partial charge in [0.05, 0.1) is 17.9 Å². The largest absolute Gasteiger partial charge is 0.391 e. The molecule has 0 spiro atoms. The van der Waals surface area contributed by atoms with Crippen molar-refractivity contribution in [2.45, 2.75) is 231 Å². The molecule has 0 aromatic rings. The molecule has 0 aliphatic carbocycles. The van der Waals surface area contributed by atoms with Gasteiger partial charge < -0.3 is 15.5 Å². The van der Waals surface area contributed by atoms with Crippen molar-refractivity contribution in [3.63, 3.8) is 0 Å². The molecule has 286 valence electrons. The van der Waals surface area contributed by atoms with Crippen LogP contribution in [0.4, 0.5) is 0 Å². The van der Waals surface area contributed by atoms with Crippen LogP contribution in [0, 0.1) is 0 Å². The van der Waals surface area contributed by atoms with Crippen LogP contribution < -0.4 is 5.32 Å². The fourth-order valence-corrected chi connectivity index (χ4v) is 7.16. The van der Waals surface area contributed by atoms with Crippen LogP contribution in [0.15, 0.2) is 12.2 Å². The van der Waals surface area contributed by atoms with Crippen molar-refractivity contribution in [2.24, 2.45) is 0 Å². The van der Waals surface area contributed by atoms with Crippen LogP contribution in [0.2, 0.25) is 0 Å². The summed E-state index contributed by atoms with van der Waals surface area (Å²) in [7, 11) is -4.40. The summed E-state index contributed by atoms with van der Waals surface area (Å²) in [6, 6.07) is -1.14. The van der Waals surface area contributed by atoms with Gasteiger partial charge in [0.1, 0.15) is 6.10 Å². The number of carbonyl (C=O) groups is 1. The summed E-state index contributed by atoms with van der Waals surface area (Å²) in [5.41, 5.74) is 0. The molecule has 0 rings (SSSR count). The third kappa shape index (κ3) is 33.5. The predicted octanol–water partition coefficient (Wildman–Crippen LogP) is 10.8. The molecule has 0 radical (unpaired) electrons. The minimum Gasteiger partial charge on any atom is -0.391 e. The third-order valence-electron chi connectivity index (χ3n) is 9.58. The van der Waals surface area contributed by atoms with E-state index >= 15 is 0 Å². The van der Waals surface area contributed by atoms with Gasteiger partial charge >= 0.3 is 0 Å². The number of nitrogens with one attached hydrogen (secondary N) is 1. The van der Waals surface area contributed by atoms with Crippen LogP contribution >= 0.6 is 0 Å². The molecule has 0 heterocycles. The van der Waals surface area contributed by atoms with Crippen molar-refractivity contribution >= 4 is 16.0 Å². The zero-order chi connectivity index (χ0) is 35.6. The van der Waals surface area contributed by atoms with Crippen molar-refractivity contribution in [3.8, 4) is 0 Å². The second-order valence-corrected chi connectivity index (χ2v) is 15.9.